The number of carbonyl (C=O) groups excluding carboxylic acids is 2. The molecule has 2 aromatic carbocycles. The highest BCUT2D eigenvalue weighted by atomic mass is 16.5. The minimum atomic E-state index is -0.626. The molecular formula is C22H25NO5. The zero-order chi connectivity index (χ0) is 20.4. The molecule has 0 aliphatic carbocycles. The maximum absolute atomic E-state index is 11.9. The summed E-state index contributed by atoms with van der Waals surface area (Å²) in [4.78, 5) is 23.7. The minimum absolute atomic E-state index is 0.0141. The topological polar surface area (TPSA) is 84.9 Å². The van der Waals surface area contributed by atoms with Crippen LogP contribution in [0, 0.1) is 0 Å². The van der Waals surface area contributed by atoms with Gasteiger partial charge in [0.25, 0.3) is 5.91 Å². The van der Waals surface area contributed by atoms with E-state index in [4.69, 9.17) is 9.47 Å². The summed E-state index contributed by atoms with van der Waals surface area (Å²) in [6, 6.07) is 14.7. The Labute approximate surface area is 164 Å². The molecule has 0 unspecified atom stereocenters. The number of nitrogens with one attached hydrogen (secondary N) is 1. The Morgan fingerprint density at radius 3 is 2.64 bits per heavy atom. The number of esters is 1. The number of methoxy groups -OCH3 is 1. The second-order valence-electron chi connectivity index (χ2n) is 6.37. The molecule has 6 heteroatoms. The first-order valence-electron chi connectivity index (χ1n) is 9.03. The summed E-state index contributed by atoms with van der Waals surface area (Å²) >= 11 is 0. The number of ether oxygens (including phenoxy) is 2. The van der Waals surface area contributed by atoms with Crippen LogP contribution in [0.3, 0.4) is 0 Å². The number of aromatic hydroxyl groups is 1. The third-order valence-electron chi connectivity index (χ3n) is 4.08. The lowest BCUT2D eigenvalue weighted by atomic mass is 10.1. The molecule has 0 saturated carbocycles. The molecule has 2 aromatic rings. The highest BCUT2D eigenvalue weighted by molar-refractivity contribution is 5.89. The first-order valence-corrected chi connectivity index (χ1v) is 9.03. The van der Waals surface area contributed by atoms with Crippen LogP contribution in [0.4, 0.5) is 0 Å². The number of phenolic OH excluding ortho intramolecular Hbond substituents is 1. The standard InChI is InChI=1S/C22H25NO5/c1-16(8-9-17-6-4-3-5-7-17)23-21(25)15-28-22(26)13-11-18-10-12-19(24)20(14-18)27-2/h3-7,10-14,16,24H,8-9,15H2,1-2H3,(H,23,25)/b13-11+/t16-/m0/s1. The van der Waals surface area contributed by atoms with E-state index >= 15 is 0 Å². The summed E-state index contributed by atoms with van der Waals surface area (Å²) in [6.45, 7) is 1.58. The summed E-state index contributed by atoms with van der Waals surface area (Å²) < 4.78 is 9.95. The van der Waals surface area contributed by atoms with E-state index in [2.05, 4.69) is 5.32 Å². The Kier molecular flexibility index (Phi) is 8.09. The lowest BCUT2D eigenvalue weighted by Gasteiger charge is -2.13. The van der Waals surface area contributed by atoms with Gasteiger partial charge >= 0.3 is 5.97 Å². The quantitative estimate of drug-likeness (QED) is 0.513. The molecule has 0 aliphatic rings. The van der Waals surface area contributed by atoms with Crippen molar-refractivity contribution < 1.29 is 24.2 Å². The maximum Gasteiger partial charge on any atom is 0.331 e. The predicted octanol–water partition coefficient (Wildman–Crippen LogP) is 3.09. The zero-order valence-electron chi connectivity index (χ0n) is 16.1. The summed E-state index contributed by atoms with van der Waals surface area (Å²) in [7, 11) is 1.44. The molecule has 2 N–H and O–H groups in total. The number of hydrogen-bond donors (Lipinski definition) is 2. The second kappa shape index (κ2) is 10.8. The van der Waals surface area contributed by atoms with Crippen molar-refractivity contribution in [1.82, 2.24) is 5.32 Å². The van der Waals surface area contributed by atoms with Crippen molar-refractivity contribution in [3.8, 4) is 11.5 Å². The molecule has 1 amide bonds. The van der Waals surface area contributed by atoms with Crippen molar-refractivity contribution in [3.63, 3.8) is 0 Å². The smallest absolute Gasteiger partial charge is 0.331 e. The lowest BCUT2D eigenvalue weighted by Crippen LogP contribution is -2.36. The first kappa shape index (κ1) is 21.0. The monoisotopic (exact) mass is 383 g/mol. The van der Waals surface area contributed by atoms with E-state index in [-0.39, 0.29) is 24.3 Å². The normalized spacial score (nSPS) is 11.8. The molecule has 0 fully saturated rings. The van der Waals surface area contributed by atoms with Crippen LogP contribution in [0.25, 0.3) is 6.08 Å². The number of hydrogen-bond acceptors (Lipinski definition) is 5. The summed E-state index contributed by atoms with van der Waals surface area (Å²) in [5.74, 6) is -0.646. The van der Waals surface area contributed by atoms with Gasteiger partial charge < -0.3 is 19.9 Å². The van der Waals surface area contributed by atoms with Crippen LogP contribution in [0.1, 0.15) is 24.5 Å². The highest BCUT2D eigenvalue weighted by Crippen LogP contribution is 2.26. The maximum atomic E-state index is 11.9. The average molecular weight is 383 g/mol. The molecule has 6 nitrogen and oxygen atoms in total. The van der Waals surface area contributed by atoms with Crippen LogP contribution in [-0.2, 0) is 20.7 Å². The predicted molar refractivity (Wildman–Crippen MR) is 107 cm³/mol. The van der Waals surface area contributed by atoms with Crippen LogP contribution in [-0.4, -0.2) is 36.7 Å². The Bertz CT molecular complexity index is 817. The van der Waals surface area contributed by atoms with Gasteiger partial charge in [-0.05, 0) is 49.1 Å². The molecule has 148 valence electrons. The van der Waals surface area contributed by atoms with Crippen LogP contribution < -0.4 is 10.1 Å². The number of rotatable bonds is 9. The number of aryl methyl sites for hydroxylation is 1. The van der Waals surface area contributed by atoms with Gasteiger partial charge in [0.05, 0.1) is 7.11 Å². The van der Waals surface area contributed by atoms with E-state index in [0.717, 1.165) is 12.8 Å². The molecule has 0 aromatic heterocycles. The van der Waals surface area contributed by atoms with Gasteiger partial charge in [-0.1, -0.05) is 36.4 Å². The molecular weight excluding hydrogens is 358 g/mol. The Morgan fingerprint density at radius 2 is 1.93 bits per heavy atom. The molecule has 0 bridgehead atoms. The third kappa shape index (κ3) is 7.15. The molecule has 2 rings (SSSR count). The zero-order valence-corrected chi connectivity index (χ0v) is 16.1. The van der Waals surface area contributed by atoms with Gasteiger partial charge in [0.2, 0.25) is 0 Å². The fourth-order valence-corrected chi connectivity index (χ4v) is 2.56. The minimum Gasteiger partial charge on any atom is -0.504 e. The van der Waals surface area contributed by atoms with Crippen LogP contribution in [0.15, 0.2) is 54.6 Å². The number of amides is 1. The van der Waals surface area contributed by atoms with Crippen molar-refractivity contribution in [3.05, 3.63) is 65.7 Å². The van der Waals surface area contributed by atoms with Gasteiger partial charge in [-0.2, -0.15) is 0 Å². The van der Waals surface area contributed by atoms with Gasteiger partial charge in [0.15, 0.2) is 18.1 Å². The molecule has 0 aliphatic heterocycles. The van der Waals surface area contributed by atoms with Crippen molar-refractivity contribution in [1.29, 1.82) is 0 Å². The molecule has 28 heavy (non-hydrogen) atoms. The lowest BCUT2D eigenvalue weighted by molar-refractivity contribution is -0.144. The second-order valence-corrected chi connectivity index (χ2v) is 6.37. The molecule has 0 radical (unpaired) electrons. The van der Waals surface area contributed by atoms with Gasteiger partial charge in [-0.15, -0.1) is 0 Å². The summed E-state index contributed by atoms with van der Waals surface area (Å²) in [6.07, 6.45) is 4.40. The SMILES string of the molecule is COc1cc(/C=C/C(=O)OCC(=O)N[C@@H](C)CCc2ccccc2)ccc1O. The van der Waals surface area contributed by atoms with E-state index < -0.39 is 5.97 Å². The summed E-state index contributed by atoms with van der Waals surface area (Å²) in [5.41, 5.74) is 1.87. The Hall–Kier alpha value is -3.28. The van der Waals surface area contributed by atoms with E-state index in [1.165, 1.54) is 30.9 Å². The van der Waals surface area contributed by atoms with E-state index in [0.29, 0.717) is 11.3 Å². The third-order valence-corrected chi connectivity index (χ3v) is 4.08. The van der Waals surface area contributed by atoms with Crippen molar-refractivity contribution >= 4 is 18.0 Å². The number of phenols is 1. The largest absolute Gasteiger partial charge is 0.504 e. The van der Waals surface area contributed by atoms with Crippen LogP contribution in [0.2, 0.25) is 0 Å². The van der Waals surface area contributed by atoms with Gasteiger partial charge in [-0.25, -0.2) is 4.79 Å². The van der Waals surface area contributed by atoms with E-state index in [9.17, 15) is 14.7 Å². The molecule has 0 saturated heterocycles. The van der Waals surface area contributed by atoms with Crippen molar-refractivity contribution in [2.45, 2.75) is 25.8 Å². The highest BCUT2D eigenvalue weighted by Gasteiger charge is 2.09. The van der Waals surface area contributed by atoms with Crippen LogP contribution >= 0.6 is 0 Å². The van der Waals surface area contributed by atoms with Gasteiger partial charge in [-0.3, -0.25) is 4.79 Å². The molecule has 1 atom stereocenters. The molecule has 0 spiro atoms. The van der Waals surface area contributed by atoms with Crippen LogP contribution in [0.5, 0.6) is 11.5 Å². The number of benzene rings is 2. The van der Waals surface area contributed by atoms with Gasteiger partial charge in [0, 0.05) is 12.1 Å². The van der Waals surface area contributed by atoms with E-state index in [1.807, 2.05) is 37.3 Å². The fraction of sp³-hybridized carbons (Fsp3) is 0.273. The van der Waals surface area contributed by atoms with Crippen molar-refractivity contribution in [2.75, 3.05) is 13.7 Å². The average Bonchev–Trinajstić information content (AvgIpc) is 2.71. The van der Waals surface area contributed by atoms with Gasteiger partial charge in [0.1, 0.15) is 0 Å². The Balaban J connectivity index is 1.72. The van der Waals surface area contributed by atoms with Crippen molar-refractivity contribution in [2.24, 2.45) is 0 Å². The van der Waals surface area contributed by atoms with E-state index in [1.54, 1.807) is 12.1 Å². The summed E-state index contributed by atoms with van der Waals surface area (Å²) in [5, 5.41) is 12.4. The molecule has 0 heterocycles. The Morgan fingerprint density at radius 1 is 1.18 bits per heavy atom. The fourth-order valence-electron chi connectivity index (χ4n) is 2.56. The number of carbonyl (C=O) groups is 2. The first-order chi connectivity index (χ1) is 13.5.